The van der Waals surface area contributed by atoms with E-state index in [1.807, 2.05) is 0 Å². The van der Waals surface area contributed by atoms with Gasteiger partial charge in [-0.25, -0.2) is 13.1 Å². The number of carbonyl (C=O) groups excluding carboxylic acids is 1. The van der Waals surface area contributed by atoms with Crippen LogP contribution in [-0.2, 0) is 14.8 Å². The van der Waals surface area contributed by atoms with Crippen molar-refractivity contribution in [2.75, 3.05) is 18.9 Å². The number of unbranched alkanes of at least 4 members (excludes halogenated alkanes) is 1. The Labute approximate surface area is 112 Å². The van der Waals surface area contributed by atoms with Crippen LogP contribution in [0.15, 0.2) is 23.4 Å². The fourth-order valence-electron chi connectivity index (χ4n) is 1.51. The third-order valence-corrected chi connectivity index (χ3v) is 3.97. The number of sulfonamides is 1. The number of primary amides is 1. The van der Waals surface area contributed by atoms with E-state index in [0.29, 0.717) is 18.5 Å². The van der Waals surface area contributed by atoms with Gasteiger partial charge in [0.25, 0.3) is 0 Å². The first-order chi connectivity index (χ1) is 8.97. The number of hydrogen-bond donors (Lipinski definition) is 3. The minimum absolute atomic E-state index is 0.104. The topological polar surface area (TPSA) is 114 Å². The molecule has 0 radical (unpaired) electrons. The van der Waals surface area contributed by atoms with Gasteiger partial charge < -0.3 is 11.1 Å². The van der Waals surface area contributed by atoms with Crippen LogP contribution in [0.3, 0.4) is 0 Å². The Kier molecular flexibility index (Phi) is 5.71. The van der Waals surface area contributed by atoms with Gasteiger partial charge in [-0.15, -0.1) is 0 Å². The molecule has 0 spiro atoms. The number of nitrogens with one attached hydrogen (secondary N) is 2. The molecule has 0 unspecified atom stereocenters. The summed E-state index contributed by atoms with van der Waals surface area (Å²) in [6.45, 7) is 0.258. The summed E-state index contributed by atoms with van der Waals surface area (Å²) in [4.78, 5) is 14.4. The van der Waals surface area contributed by atoms with Gasteiger partial charge in [-0.1, -0.05) is 0 Å². The standard InChI is InChI=1S/C11H18N4O3S/c1-13-9-5-7-14-8-10(9)19(17,18)15-6-3-2-4-11(12)16/h5,7-8,15H,2-4,6H2,1H3,(H2,12,16)(H,13,14). The van der Waals surface area contributed by atoms with Crippen LogP contribution in [0.4, 0.5) is 5.69 Å². The molecule has 0 aliphatic rings. The first kappa shape index (κ1) is 15.4. The van der Waals surface area contributed by atoms with Gasteiger partial charge in [0.1, 0.15) is 4.90 Å². The second kappa shape index (κ2) is 7.05. The molecular weight excluding hydrogens is 268 g/mol. The van der Waals surface area contributed by atoms with Crippen molar-refractivity contribution in [1.82, 2.24) is 9.71 Å². The molecule has 1 aromatic rings. The molecule has 7 nitrogen and oxygen atoms in total. The molecule has 1 aromatic heterocycles. The number of pyridine rings is 1. The van der Waals surface area contributed by atoms with Crippen LogP contribution in [0.1, 0.15) is 19.3 Å². The molecular formula is C11H18N4O3S. The second-order valence-corrected chi connectivity index (χ2v) is 5.68. The first-order valence-electron chi connectivity index (χ1n) is 5.87. The summed E-state index contributed by atoms with van der Waals surface area (Å²) in [5.41, 5.74) is 5.48. The molecule has 1 amide bonds. The van der Waals surface area contributed by atoms with Crippen LogP contribution in [0.25, 0.3) is 0 Å². The maximum Gasteiger partial charge on any atom is 0.244 e. The highest BCUT2D eigenvalue weighted by molar-refractivity contribution is 7.89. The lowest BCUT2D eigenvalue weighted by Crippen LogP contribution is -2.26. The summed E-state index contributed by atoms with van der Waals surface area (Å²) < 4.78 is 26.5. The molecule has 4 N–H and O–H groups in total. The molecule has 0 atom stereocenters. The van der Waals surface area contributed by atoms with Crippen LogP contribution < -0.4 is 15.8 Å². The van der Waals surface area contributed by atoms with Crippen molar-refractivity contribution >= 4 is 21.6 Å². The smallest absolute Gasteiger partial charge is 0.244 e. The van der Waals surface area contributed by atoms with Gasteiger partial charge in [0.15, 0.2) is 0 Å². The van der Waals surface area contributed by atoms with Crippen LogP contribution >= 0.6 is 0 Å². The van der Waals surface area contributed by atoms with Crippen molar-refractivity contribution in [3.8, 4) is 0 Å². The number of anilines is 1. The van der Waals surface area contributed by atoms with Gasteiger partial charge in [-0.2, -0.15) is 0 Å². The SMILES string of the molecule is CNc1ccncc1S(=O)(=O)NCCCCC(N)=O. The van der Waals surface area contributed by atoms with Gasteiger partial charge in [-0.05, 0) is 18.9 Å². The van der Waals surface area contributed by atoms with E-state index in [1.54, 1.807) is 13.1 Å². The first-order valence-corrected chi connectivity index (χ1v) is 7.35. The number of amides is 1. The monoisotopic (exact) mass is 286 g/mol. The van der Waals surface area contributed by atoms with Crippen LogP contribution in [0.5, 0.6) is 0 Å². The summed E-state index contributed by atoms with van der Waals surface area (Å²) >= 11 is 0. The highest BCUT2D eigenvalue weighted by atomic mass is 32.2. The highest BCUT2D eigenvalue weighted by Crippen LogP contribution is 2.18. The zero-order chi connectivity index (χ0) is 14.3. The molecule has 1 heterocycles. The van der Waals surface area contributed by atoms with E-state index in [-0.39, 0.29) is 23.8 Å². The van der Waals surface area contributed by atoms with Crippen LogP contribution in [0.2, 0.25) is 0 Å². The Hall–Kier alpha value is -1.67. The molecule has 1 rings (SSSR count). The van der Waals surface area contributed by atoms with E-state index >= 15 is 0 Å². The van der Waals surface area contributed by atoms with Crippen molar-refractivity contribution in [3.63, 3.8) is 0 Å². The lowest BCUT2D eigenvalue weighted by Gasteiger charge is -2.10. The molecule has 8 heteroatoms. The van der Waals surface area contributed by atoms with Crippen molar-refractivity contribution in [2.24, 2.45) is 5.73 Å². The minimum Gasteiger partial charge on any atom is -0.387 e. The molecule has 0 aliphatic carbocycles. The lowest BCUT2D eigenvalue weighted by atomic mass is 10.2. The van der Waals surface area contributed by atoms with Crippen LogP contribution in [0, 0.1) is 0 Å². The lowest BCUT2D eigenvalue weighted by molar-refractivity contribution is -0.118. The predicted molar refractivity (Wildman–Crippen MR) is 72.0 cm³/mol. The van der Waals surface area contributed by atoms with Crippen molar-refractivity contribution in [3.05, 3.63) is 18.5 Å². The fourth-order valence-corrected chi connectivity index (χ4v) is 2.74. The average molecular weight is 286 g/mol. The van der Waals surface area contributed by atoms with Crippen LogP contribution in [-0.4, -0.2) is 32.9 Å². The average Bonchev–Trinajstić information content (AvgIpc) is 2.37. The Balaban J connectivity index is 2.59. The molecule has 106 valence electrons. The number of hydrogen-bond acceptors (Lipinski definition) is 5. The third-order valence-electron chi connectivity index (χ3n) is 2.49. The maximum atomic E-state index is 12.0. The van der Waals surface area contributed by atoms with E-state index in [1.165, 1.54) is 12.4 Å². The zero-order valence-electron chi connectivity index (χ0n) is 10.7. The van der Waals surface area contributed by atoms with E-state index in [0.717, 1.165) is 0 Å². The summed E-state index contributed by atoms with van der Waals surface area (Å²) in [6.07, 6.45) is 4.17. The Bertz CT molecular complexity index is 530. The van der Waals surface area contributed by atoms with Crippen molar-refractivity contribution in [1.29, 1.82) is 0 Å². The summed E-state index contributed by atoms with van der Waals surface area (Å²) in [6, 6.07) is 1.58. The second-order valence-electron chi connectivity index (χ2n) is 3.94. The van der Waals surface area contributed by atoms with Gasteiger partial charge >= 0.3 is 0 Å². The Morgan fingerprint density at radius 2 is 2.16 bits per heavy atom. The number of rotatable bonds is 8. The largest absolute Gasteiger partial charge is 0.387 e. The summed E-state index contributed by atoms with van der Waals surface area (Å²) in [7, 11) is -1.95. The highest BCUT2D eigenvalue weighted by Gasteiger charge is 2.17. The van der Waals surface area contributed by atoms with Gasteiger partial charge in [0, 0.05) is 32.4 Å². The molecule has 0 aromatic carbocycles. The predicted octanol–water partition coefficient (Wildman–Crippen LogP) is 0.0572. The van der Waals surface area contributed by atoms with E-state index in [2.05, 4.69) is 15.0 Å². The third kappa shape index (κ3) is 4.84. The van der Waals surface area contributed by atoms with Gasteiger partial charge in [-0.3, -0.25) is 9.78 Å². The number of aromatic nitrogens is 1. The van der Waals surface area contributed by atoms with Crippen molar-refractivity contribution < 1.29 is 13.2 Å². The molecule has 0 aliphatic heterocycles. The minimum atomic E-state index is -3.59. The Morgan fingerprint density at radius 3 is 2.79 bits per heavy atom. The van der Waals surface area contributed by atoms with Crippen molar-refractivity contribution in [2.45, 2.75) is 24.2 Å². The molecule has 0 fully saturated rings. The van der Waals surface area contributed by atoms with E-state index in [9.17, 15) is 13.2 Å². The van der Waals surface area contributed by atoms with Gasteiger partial charge in [0.2, 0.25) is 15.9 Å². The fraction of sp³-hybridized carbons (Fsp3) is 0.455. The van der Waals surface area contributed by atoms with Gasteiger partial charge in [0.05, 0.1) is 5.69 Å². The summed E-state index contributed by atoms with van der Waals surface area (Å²) in [5, 5.41) is 2.80. The molecule has 0 bridgehead atoms. The molecule has 19 heavy (non-hydrogen) atoms. The zero-order valence-corrected chi connectivity index (χ0v) is 11.5. The quantitative estimate of drug-likeness (QED) is 0.584. The van der Waals surface area contributed by atoms with E-state index in [4.69, 9.17) is 5.73 Å². The molecule has 0 saturated heterocycles. The number of nitrogens with two attached hydrogens (primary N) is 1. The van der Waals surface area contributed by atoms with E-state index < -0.39 is 10.0 Å². The normalized spacial score (nSPS) is 11.2. The summed E-state index contributed by atoms with van der Waals surface area (Å²) in [5.74, 6) is -0.382. The number of nitrogens with zero attached hydrogens (tertiary/aromatic N) is 1. The maximum absolute atomic E-state index is 12.0. The molecule has 0 saturated carbocycles. The number of carbonyl (C=O) groups is 1. The Morgan fingerprint density at radius 1 is 1.42 bits per heavy atom.